The summed E-state index contributed by atoms with van der Waals surface area (Å²) in [7, 11) is 0. The van der Waals surface area contributed by atoms with Crippen molar-refractivity contribution in [3.8, 4) is 11.3 Å². The molecule has 1 aromatic heterocycles. The monoisotopic (exact) mass is 362 g/mol. The Bertz CT molecular complexity index is 725. The summed E-state index contributed by atoms with van der Waals surface area (Å²) < 4.78 is 32.3. The molecule has 0 radical (unpaired) electrons. The molecule has 2 aliphatic heterocycles. The second-order valence-corrected chi connectivity index (χ2v) is 7.36. The van der Waals surface area contributed by atoms with Gasteiger partial charge in [0.25, 0.3) is 5.92 Å². The maximum absolute atomic E-state index is 13.4. The lowest BCUT2D eigenvalue weighted by atomic mass is 10.0. The van der Waals surface area contributed by atoms with Crippen LogP contribution >= 0.6 is 0 Å². The summed E-state index contributed by atoms with van der Waals surface area (Å²) in [6, 6.07) is 11.8. The zero-order valence-corrected chi connectivity index (χ0v) is 14.7. The number of hydrogen-bond donors (Lipinski definition) is 1. The highest BCUT2D eigenvalue weighted by Crippen LogP contribution is 2.31. The van der Waals surface area contributed by atoms with Crippen LogP contribution in [0.25, 0.3) is 11.3 Å². The minimum atomic E-state index is -2.55. The van der Waals surface area contributed by atoms with E-state index in [1.54, 1.807) is 6.26 Å². The first kappa shape index (κ1) is 17.6. The lowest BCUT2D eigenvalue weighted by Crippen LogP contribution is -2.49. The lowest BCUT2D eigenvalue weighted by molar-refractivity contribution is -0.0698. The molecule has 1 N–H and O–H groups in total. The summed E-state index contributed by atoms with van der Waals surface area (Å²) in [5, 5.41) is 10.5. The number of rotatable bonds is 4. The number of likely N-dealkylation sites (tertiary alicyclic amines) is 2. The van der Waals surface area contributed by atoms with Crippen LogP contribution in [0, 0.1) is 0 Å². The molecule has 0 unspecified atom stereocenters. The van der Waals surface area contributed by atoms with E-state index in [-0.39, 0.29) is 18.9 Å². The lowest BCUT2D eigenvalue weighted by Gasteiger charge is -2.36. The van der Waals surface area contributed by atoms with Gasteiger partial charge in [-0.2, -0.15) is 0 Å². The van der Waals surface area contributed by atoms with Crippen LogP contribution in [-0.2, 0) is 6.54 Å². The number of aliphatic hydroxyl groups is 1. The van der Waals surface area contributed by atoms with Gasteiger partial charge >= 0.3 is 0 Å². The third-order valence-electron chi connectivity index (χ3n) is 5.53. The molecular formula is C20H24F2N2O2. The molecule has 0 bridgehead atoms. The second-order valence-electron chi connectivity index (χ2n) is 7.36. The van der Waals surface area contributed by atoms with Crippen molar-refractivity contribution >= 4 is 0 Å². The summed E-state index contributed by atoms with van der Waals surface area (Å²) in [4.78, 5) is 4.23. The Morgan fingerprint density at radius 3 is 2.58 bits per heavy atom. The van der Waals surface area contributed by atoms with Gasteiger partial charge in [-0.05, 0) is 17.7 Å². The Labute approximate surface area is 152 Å². The van der Waals surface area contributed by atoms with Crippen LogP contribution in [0.5, 0.6) is 0 Å². The first-order valence-corrected chi connectivity index (χ1v) is 9.16. The highest BCUT2D eigenvalue weighted by Gasteiger charge is 2.41. The number of furan rings is 1. The molecule has 4 nitrogen and oxygen atoms in total. The van der Waals surface area contributed by atoms with Crippen molar-refractivity contribution in [2.45, 2.75) is 37.5 Å². The summed E-state index contributed by atoms with van der Waals surface area (Å²) >= 11 is 0. The predicted molar refractivity (Wildman–Crippen MR) is 95.0 cm³/mol. The van der Waals surface area contributed by atoms with E-state index in [0.29, 0.717) is 32.7 Å². The van der Waals surface area contributed by atoms with E-state index in [1.165, 1.54) is 0 Å². The molecule has 0 spiro atoms. The minimum absolute atomic E-state index is 0.0677. The highest BCUT2D eigenvalue weighted by atomic mass is 19.3. The Morgan fingerprint density at radius 2 is 1.85 bits per heavy atom. The van der Waals surface area contributed by atoms with E-state index in [1.807, 2.05) is 35.2 Å². The Balaban J connectivity index is 1.43. The number of halogens is 2. The van der Waals surface area contributed by atoms with Crippen LogP contribution in [0.15, 0.2) is 47.1 Å². The summed E-state index contributed by atoms with van der Waals surface area (Å²) in [6.45, 7) is 2.66. The van der Waals surface area contributed by atoms with Gasteiger partial charge in [0.05, 0.1) is 12.4 Å². The van der Waals surface area contributed by atoms with Gasteiger partial charge in [-0.3, -0.25) is 9.80 Å². The van der Waals surface area contributed by atoms with Crippen LogP contribution in [0.1, 0.15) is 18.4 Å². The number of piperidine rings is 1. The van der Waals surface area contributed by atoms with Crippen molar-refractivity contribution in [3.05, 3.63) is 48.2 Å². The normalized spacial score (nSPS) is 27.0. The quantitative estimate of drug-likeness (QED) is 0.907. The smallest absolute Gasteiger partial charge is 0.250 e. The molecule has 4 rings (SSSR count). The van der Waals surface area contributed by atoms with Crippen LogP contribution < -0.4 is 0 Å². The topological polar surface area (TPSA) is 39.9 Å². The summed E-state index contributed by atoms with van der Waals surface area (Å²) in [6.07, 6.45) is 0.931. The number of aliphatic hydroxyl groups excluding tert-OH is 1. The van der Waals surface area contributed by atoms with Gasteiger partial charge in [-0.25, -0.2) is 8.78 Å². The SMILES string of the molecule is O[C@H]1CN(Cc2ccccc2-c2ccco2)C[C@@H]1N1CCC(F)(F)CC1. The Morgan fingerprint density at radius 1 is 1.08 bits per heavy atom. The average molecular weight is 362 g/mol. The first-order chi connectivity index (χ1) is 12.5. The molecule has 2 saturated heterocycles. The molecule has 1 aromatic carbocycles. The standard InChI is InChI=1S/C20H24F2N2O2/c21-20(22)7-9-24(10-8-20)17-13-23(14-18(17)25)12-15-4-1-2-5-16(15)19-6-3-11-26-19/h1-6,11,17-18,25H,7-10,12-14H2/t17-,18-/m0/s1. The Hall–Kier alpha value is -1.76. The highest BCUT2D eigenvalue weighted by molar-refractivity contribution is 5.61. The van der Waals surface area contributed by atoms with Crippen LogP contribution in [0.4, 0.5) is 8.78 Å². The number of benzene rings is 1. The molecule has 2 fully saturated rings. The van der Waals surface area contributed by atoms with E-state index in [9.17, 15) is 13.9 Å². The number of nitrogens with zero attached hydrogens (tertiary/aromatic N) is 2. The van der Waals surface area contributed by atoms with Gasteiger partial charge < -0.3 is 9.52 Å². The third kappa shape index (κ3) is 3.68. The molecule has 0 saturated carbocycles. The van der Waals surface area contributed by atoms with E-state index >= 15 is 0 Å². The number of hydrogen-bond acceptors (Lipinski definition) is 4. The zero-order valence-electron chi connectivity index (χ0n) is 14.7. The molecule has 6 heteroatoms. The fourth-order valence-electron chi connectivity index (χ4n) is 4.09. The molecular weight excluding hydrogens is 338 g/mol. The fraction of sp³-hybridized carbons (Fsp3) is 0.500. The van der Waals surface area contributed by atoms with Crippen molar-refractivity contribution < 1.29 is 18.3 Å². The van der Waals surface area contributed by atoms with Crippen LogP contribution in [0.2, 0.25) is 0 Å². The van der Waals surface area contributed by atoms with E-state index < -0.39 is 12.0 Å². The van der Waals surface area contributed by atoms with Gasteiger partial charge in [-0.1, -0.05) is 24.3 Å². The van der Waals surface area contributed by atoms with Crippen molar-refractivity contribution in [3.63, 3.8) is 0 Å². The van der Waals surface area contributed by atoms with Crippen LogP contribution in [-0.4, -0.2) is 59.2 Å². The zero-order chi connectivity index (χ0) is 18.1. The van der Waals surface area contributed by atoms with Gasteiger partial charge in [0, 0.05) is 57.2 Å². The van der Waals surface area contributed by atoms with Crippen molar-refractivity contribution in [1.29, 1.82) is 0 Å². The maximum Gasteiger partial charge on any atom is 0.250 e. The number of β-amino-alcohol motifs (C(OH)–C–C–N with tert-alkyl or cyclic N) is 1. The molecule has 0 amide bonds. The average Bonchev–Trinajstić information content (AvgIpc) is 3.26. The van der Waals surface area contributed by atoms with Crippen molar-refractivity contribution in [2.75, 3.05) is 26.2 Å². The van der Waals surface area contributed by atoms with Gasteiger partial charge in [-0.15, -0.1) is 0 Å². The predicted octanol–water partition coefficient (Wildman–Crippen LogP) is 3.22. The molecule has 2 atom stereocenters. The largest absolute Gasteiger partial charge is 0.464 e. The van der Waals surface area contributed by atoms with Gasteiger partial charge in [0.15, 0.2) is 0 Å². The maximum atomic E-state index is 13.4. The van der Waals surface area contributed by atoms with Gasteiger partial charge in [0.2, 0.25) is 0 Å². The first-order valence-electron chi connectivity index (χ1n) is 9.16. The number of alkyl halides is 2. The Kier molecular flexibility index (Phi) is 4.82. The fourth-order valence-corrected chi connectivity index (χ4v) is 4.09. The van der Waals surface area contributed by atoms with E-state index in [0.717, 1.165) is 16.9 Å². The molecule has 2 aliphatic rings. The summed E-state index contributed by atoms with van der Waals surface area (Å²) in [5.74, 6) is -1.72. The molecule has 0 aliphatic carbocycles. The summed E-state index contributed by atoms with van der Waals surface area (Å²) in [5.41, 5.74) is 2.19. The van der Waals surface area contributed by atoms with E-state index in [2.05, 4.69) is 11.0 Å². The molecule has 26 heavy (non-hydrogen) atoms. The van der Waals surface area contributed by atoms with Crippen molar-refractivity contribution in [2.24, 2.45) is 0 Å². The second kappa shape index (κ2) is 7.10. The van der Waals surface area contributed by atoms with E-state index in [4.69, 9.17) is 4.42 Å². The van der Waals surface area contributed by atoms with Crippen molar-refractivity contribution in [1.82, 2.24) is 9.80 Å². The van der Waals surface area contributed by atoms with Crippen LogP contribution in [0.3, 0.4) is 0 Å². The molecule has 140 valence electrons. The third-order valence-corrected chi connectivity index (χ3v) is 5.53. The molecule has 3 heterocycles. The molecule has 2 aromatic rings. The minimum Gasteiger partial charge on any atom is -0.464 e. The van der Waals surface area contributed by atoms with Gasteiger partial charge in [0.1, 0.15) is 5.76 Å².